The van der Waals surface area contributed by atoms with Gasteiger partial charge in [0.2, 0.25) is 0 Å². The minimum Gasteiger partial charge on any atom is -0.375 e. The van der Waals surface area contributed by atoms with Gasteiger partial charge in [0.05, 0.1) is 0 Å². The van der Waals surface area contributed by atoms with Gasteiger partial charge >= 0.3 is 0 Å². The van der Waals surface area contributed by atoms with Gasteiger partial charge in [-0.15, -0.1) is 6.58 Å². The number of ether oxygens (including phenoxy) is 3. The summed E-state index contributed by atoms with van der Waals surface area (Å²) in [7, 11) is 4.46. The van der Waals surface area contributed by atoms with Crippen LogP contribution in [0.15, 0.2) is 12.7 Å². The van der Waals surface area contributed by atoms with Crippen molar-refractivity contribution in [2.45, 2.75) is 18.3 Å². The molecule has 0 saturated heterocycles. The van der Waals surface area contributed by atoms with Crippen molar-refractivity contribution in [1.82, 2.24) is 0 Å². The molecule has 0 rings (SSSR count). The molecule has 76 valence electrons. The number of carbonyl (C=O) groups excluding carboxylic acids is 1. The molecule has 0 saturated carbocycles. The Morgan fingerprint density at radius 2 is 1.62 bits per heavy atom. The maximum atomic E-state index is 10.6. The van der Waals surface area contributed by atoms with Crippen LogP contribution in [0.3, 0.4) is 0 Å². The van der Waals surface area contributed by atoms with Gasteiger partial charge in [0, 0.05) is 21.3 Å². The predicted octanol–water partition coefficient (Wildman–Crippen LogP) is 0.416. The molecule has 0 heterocycles. The van der Waals surface area contributed by atoms with E-state index in [-0.39, 0.29) is 6.10 Å². The van der Waals surface area contributed by atoms with Gasteiger partial charge in [-0.05, 0) is 0 Å². The lowest BCUT2D eigenvalue weighted by atomic mass is 10.1. The Morgan fingerprint density at radius 1 is 1.08 bits per heavy atom. The highest BCUT2D eigenvalue weighted by molar-refractivity contribution is 5.57. The lowest BCUT2D eigenvalue weighted by molar-refractivity contribution is -0.132. The van der Waals surface area contributed by atoms with Gasteiger partial charge in [-0.25, -0.2) is 0 Å². The average molecular weight is 188 g/mol. The molecular weight excluding hydrogens is 172 g/mol. The molecule has 0 aromatic carbocycles. The number of rotatable bonds is 7. The second-order valence-electron chi connectivity index (χ2n) is 2.47. The van der Waals surface area contributed by atoms with Crippen molar-refractivity contribution in [3.8, 4) is 0 Å². The number of carbonyl (C=O) groups is 1. The van der Waals surface area contributed by atoms with Crippen molar-refractivity contribution in [3.63, 3.8) is 0 Å². The Labute approximate surface area is 78.5 Å². The molecule has 0 amide bonds. The lowest BCUT2D eigenvalue weighted by Gasteiger charge is -2.25. The lowest BCUT2D eigenvalue weighted by Crippen LogP contribution is -2.41. The molecule has 0 radical (unpaired) electrons. The van der Waals surface area contributed by atoms with E-state index in [9.17, 15) is 4.79 Å². The standard InChI is InChI=1S/C9H16O4/c1-5-7(11-2)9(13-4)8(6-10)12-3/h5-9H,1H2,2-4H3/t7-,8+,9+/m0/s1. The summed E-state index contributed by atoms with van der Waals surface area (Å²) in [6, 6.07) is 0. The number of hydrogen-bond donors (Lipinski definition) is 0. The van der Waals surface area contributed by atoms with Crippen LogP contribution in [0.4, 0.5) is 0 Å². The van der Waals surface area contributed by atoms with Crippen molar-refractivity contribution < 1.29 is 19.0 Å². The third-order valence-electron chi connectivity index (χ3n) is 1.83. The van der Waals surface area contributed by atoms with Crippen LogP contribution in [0.1, 0.15) is 0 Å². The molecule has 0 spiro atoms. The molecule has 0 aromatic heterocycles. The van der Waals surface area contributed by atoms with Crippen LogP contribution in [-0.4, -0.2) is 45.9 Å². The van der Waals surface area contributed by atoms with Crippen molar-refractivity contribution in [2.75, 3.05) is 21.3 Å². The Hall–Kier alpha value is -0.710. The average Bonchev–Trinajstić information content (AvgIpc) is 2.18. The molecule has 0 aliphatic rings. The zero-order valence-corrected chi connectivity index (χ0v) is 8.23. The highest BCUT2D eigenvalue weighted by Crippen LogP contribution is 2.09. The van der Waals surface area contributed by atoms with Crippen molar-refractivity contribution in [1.29, 1.82) is 0 Å². The molecular formula is C9H16O4. The van der Waals surface area contributed by atoms with E-state index in [2.05, 4.69) is 6.58 Å². The summed E-state index contributed by atoms with van der Waals surface area (Å²) in [6.45, 7) is 3.58. The van der Waals surface area contributed by atoms with E-state index in [1.165, 1.54) is 21.3 Å². The molecule has 4 heteroatoms. The first-order chi connectivity index (χ1) is 6.24. The summed E-state index contributed by atoms with van der Waals surface area (Å²) in [6.07, 6.45) is 0.825. The molecule has 0 unspecified atom stereocenters. The quantitative estimate of drug-likeness (QED) is 0.429. The smallest absolute Gasteiger partial charge is 0.151 e. The Morgan fingerprint density at radius 3 is 1.85 bits per heavy atom. The molecule has 0 N–H and O–H groups in total. The first kappa shape index (κ1) is 12.3. The Balaban J connectivity index is 4.43. The first-order valence-electron chi connectivity index (χ1n) is 3.91. The highest BCUT2D eigenvalue weighted by Gasteiger charge is 2.27. The molecule has 0 aromatic rings. The predicted molar refractivity (Wildman–Crippen MR) is 48.7 cm³/mol. The van der Waals surface area contributed by atoms with Gasteiger partial charge in [-0.1, -0.05) is 6.08 Å². The van der Waals surface area contributed by atoms with Crippen LogP contribution in [-0.2, 0) is 19.0 Å². The monoisotopic (exact) mass is 188 g/mol. The molecule has 0 fully saturated rings. The van der Waals surface area contributed by atoms with E-state index in [0.717, 1.165) is 0 Å². The zero-order chi connectivity index (χ0) is 10.3. The van der Waals surface area contributed by atoms with Gasteiger partial charge in [-0.3, -0.25) is 0 Å². The fourth-order valence-electron chi connectivity index (χ4n) is 1.09. The van der Waals surface area contributed by atoms with Gasteiger partial charge < -0.3 is 19.0 Å². The van der Waals surface area contributed by atoms with Gasteiger partial charge in [0.25, 0.3) is 0 Å². The Kier molecular flexibility index (Phi) is 6.40. The first-order valence-corrected chi connectivity index (χ1v) is 3.91. The van der Waals surface area contributed by atoms with E-state index < -0.39 is 12.2 Å². The molecule has 0 bridgehead atoms. The normalized spacial score (nSPS) is 17.5. The molecule has 0 aliphatic carbocycles. The summed E-state index contributed by atoms with van der Waals surface area (Å²) in [5.74, 6) is 0. The summed E-state index contributed by atoms with van der Waals surface area (Å²) in [4.78, 5) is 10.6. The Bertz CT molecular complexity index is 142. The minimum absolute atomic E-state index is 0.347. The summed E-state index contributed by atoms with van der Waals surface area (Å²) in [5.41, 5.74) is 0. The van der Waals surface area contributed by atoms with E-state index in [0.29, 0.717) is 6.29 Å². The van der Waals surface area contributed by atoms with Crippen LogP contribution < -0.4 is 0 Å². The second-order valence-corrected chi connectivity index (χ2v) is 2.47. The second kappa shape index (κ2) is 6.77. The highest BCUT2D eigenvalue weighted by atomic mass is 16.6. The number of methoxy groups -OCH3 is 3. The van der Waals surface area contributed by atoms with Crippen molar-refractivity contribution in [3.05, 3.63) is 12.7 Å². The number of aldehydes is 1. The molecule has 13 heavy (non-hydrogen) atoms. The molecule has 3 atom stereocenters. The molecule has 4 nitrogen and oxygen atoms in total. The fraction of sp³-hybridized carbons (Fsp3) is 0.667. The van der Waals surface area contributed by atoms with Gasteiger partial charge in [0.15, 0.2) is 6.29 Å². The van der Waals surface area contributed by atoms with Crippen LogP contribution in [0.25, 0.3) is 0 Å². The summed E-state index contributed by atoms with van der Waals surface area (Å²) >= 11 is 0. The maximum absolute atomic E-state index is 10.6. The third-order valence-corrected chi connectivity index (χ3v) is 1.83. The molecule has 0 aliphatic heterocycles. The number of hydrogen-bond acceptors (Lipinski definition) is 4. The SMILES string of the molecule is C=C[C@H](OC)[C@@H](OC)[C@@H](C=O)OC. The largest absolute Gasteiger partial charge is 0.375 e. The fourth-order valence-corrected chi connectivity index (χ4v) is 1.09. The van der Waals surface area contributed by atoms with Gasteiger partial charge in [-0.2, -0.15) is 0 Å². The van der Waals surface area contributed by atoms with E-state index in [1.54, 1.807) is 6.08 Å². The summed E-state index contributed by atoms with van der Waals surface area (Å²) in [5, 5.41) is 0. The third kappa shape index (κ3) is 3.26. The van der Waals surface area contributed by atoms with Crippen molar-refractivity contribution >= 4 is 6.29 Å². The van der Waals surface area contributed by atoms with Crippen LogP contribution >= 0.6 is 0 Å². The summed E-state index contributed by atoms with van der Waals surface area (Å²) < 4.78 is 15.1. The van der Waals surface area contributed by atoms with Crippen molar-refractivity contribution in [2.24, 2.45) is 0 Å². The zero-order valence-electron chi connectivity index (χ0n) is 8.23. The van der Waals surface area contributed by atoms with Crippen LogP contribution in [0.2, 0.25) is 0 Å². The minimum atomic E-state index is -0.632. The van der Waals surface area contributed by atoms with E-state index in [4.69, 9.17) is 14.2 Å². The van der Waals surface area contributed by atoms with Crippen LogP contribution in [0, 0.1) is 0 Å². The van der Waals surface area contributed by atoms with E-state index in [1.807, 2.05) is 0 Å². The van der Waals surface area contributed by atoms with E-state index >= 15 is 0 Å². The van der Waals surface area contributed by atoms with Crippen LogP contribution in [0.5, 0.6) is 0 Å². The maximum Gasteiger partial charge on any atom is 0.151 e. The van der Waals surface area contributed by atoms with Gasteiger partial charge in [0.1, 0.15) is 18.3 Å². The topological polar surface area (TPSA) is 44.8 Å².